The Labute approximate surface area is 149 Å². The van der Waals surface area contributed by atoms with Crippen molar-refractivity contribution in [1.29, 1.82) is 0 Å². The predicted molar refractivity (Wildman–Crippen MR) is 92.0 cm³/mol. The molecule has 3 heteroatoms. The van der Waals surface area contributed by atoms with Gasteiger partial charge in [-0.15, -0.1) is 0 Å². The second kappa shape index (κ2) is 4.23. The van der Waals surface area contributed by atoms with E-state index >= 15 is 0 Å². The van der Waals surface area contributed by atoms with Crippen LogP contribution in [0.3, 0.4) is 0 Å². The molecule has 6 saturated carbocycles. The van der Waals surface area contributed by atoms with Crippen molar-refractivity contribution >= 4 is 11.8 Å². The Kier molecular flexibility index (Phi) is 2.37. The van der Waals surface area contributed by atoms with Crippen molar-refractivity contribution in [2.75, 3.05) is 6.54 Å². The molecule has 0 unspecified atom stereocenters. The van der Waals surface area contributed by atoms with E-state index < -0.39 is 0 Å². The van der Waals surface area contributed by atoms with Gasteiger partial charge in [0.25, 0.3) is 0 Å². The molecule has 0 aromatic rings. The average molecular weight is 337 g/mol. The van der Waals surface area contributed by atoms with Gasteiger partial charge in [0, 0.05) is 6.54 Å². The zero-order valence-electron chi connectivity index (χ0n) is 14.8. The molecule has 8 aliphatic carbocycles. The molecule has 0 aromatic carbocycles. The van der Waals surface area contributed by atoms with E-state index in [2.05, 4.69) is 12.2 Å². The first-order valence-corrected chi connectivity index (χ1v) is 10.7. The summed E-state index contributed by atoms with van der Waals surface area (Å²) >= 11 is 0. The molecule has 6 bridgehead atoms. The standard InChI is InChI=1S/C22H27NO2/c24-20-18-14-1-2-15(17-6-16(14)17)19(18)21(25)23(20)10-22-7-11-3-12(8-22)5-13(4-11)9-22/h1-2,11-19H,3-10H2/t11?,12?,13?,14-,15-,16-,17+,18-,19+,22?/m0/s1. The Bertz CT molecular complexity index is 652. The summed E-state index contributed by atoms with van der Waals surface area (Å²) in [6.07, 6.45) is 13.9. The molecule has 9 aliphatic rings. The van der Waals surface area contributed by atoms with E-state index in [0.717, 1.165) is 24.3 Å². The Balaban J connectivity index is 1.21. The van der Waals surface area contributed by atoms with Crippen molar-refractivity contribution in [1.82, 2.24) is 4.90 Å². The lowest BCUT2D eigenvalue weighted by molar-refractivity contribution is -0.146. The number of nitrogens with zero attached hydrogens (tertiary/aromatic N) is 1. The molecular formula is C22H27NO2. The molecule has 0 N–H and O–H groups in total. The number of carbonyl (C=O) groups is 2. The van der Waals surface area contributed by atoms with Crippen molar-refractivity contribution in [3.63, 3.8) is 0 Å². The molecule has 132 valence electrons. The number of hydrogen-bond acceptors (Lipinski definition) is 2. The highest BCUT2D eigenvalue weighted by Crippen LogP contribution is 2.66. The van der Waals surface area contributed by atoms with E-state index in [0.29, 0.717) is 23.7 Å². The minimum atomic E-state index is 0.000150. The third-order valence-electron chi connectivity index (χ3n) is 9.41. The van der Waals surface area contributed by atoms with E-state index in [1.807, 2.05) is 0 Å². The quantitative estimate of drug-likeness (QED) is 0.573. The summed E-state index contributed by atoms with van der Waals surface area (Å²) in [7, 11) is 0. The van der Waals surface area contributed by atoms with Crippen LogP contribution in [0.5, 0.6) is 0 Å². The van der Waals surface area contributed by atoms with Gasteiger partial charge in [-0.25, -0.2) is 0 Å². The van der Waals surface area contributed by atoms with Crippen LogP contribution in [0, 0.1) is 58.7 Å². The smallest absolute Gasteiger partial charge is 0.233 e. The number of carbonyl (C=O) groups excluding carboxylic acids is 2. The van der Waals surface area contributed by atoms with Gasteiger partial charge >= 0.3 is 0 Å². The minimum Gasteiger partial charge on any atom is -0.282 e. The van der Waals surface area contributed by atoms with Gasteiger partial charge in [0.05, 0.1) is 11.8 Å². The SMILES string of the molecule is O=C1[C@@H]2[C@H]3C=C[C@@H]([C@@H]4C[C@H]34)[C@@H]2C(=O)N1CC12CC3CC(CC(C3)C1)C2. The van der Waals surface area contributed by atoms with E-state index in [1.54, 1.807) is 4.90 Å². The highest BCUT2D eigenvalue weighted by atomic mass is 16.2. The molecule has 1 saturated heterocycles. The predicted octanol–water partition coefficient (Wildman–Crippen LogP) is 3.26. The second-order valence-electron chi connectivity index (χ2n) is 10.8. The van der Waals surface area contributed by atoms with Gasteiger partial charge in [-0.1, -0.05) is 12.2 Å². The van der Waals surface area contributed by atoms with Gasteiger partial charge in [-0.05, 0) is 91.8 Å². The molecule has 0 spiro atoms. The largest absolute Gasteiger partial charge is 0.282 e. The third-order valence-corrected chi connectivity index (χ3v) is 9.41. The number of allylic oxidation sites excluding steroid dienone is 2. The zero-order valence-corrected chi connectivity index (χ0v) is 14.8. The van der Waals surface area contributed by atoms with Crippen LogP contribution < -0.4 is 0 Å². The first-order chi connectivity index (χ1) is 12.1. The van der Waals surface area contributed by atoms with Gasteiger partial charge in [0.1, 0.15) is 0 Å². The minimum absolute atomic E-state index is 0.000150. The van der Waals surface area contributed by atoms with Crippen molar-refractivity contribution in [2.24, 2.45) is 58.7 Å². The van der Waals surface area contributed by atoms with Crippen LogP contribution in [0.2, 0.25) is 0 Å². The van der Waals surface area contributed by atoms with Crippen molar-refractivity contribution in [2.45, 2.75) is 44.9 Å². The molecule has 1 aliphatic heterocycles. The Morgan fingerprint density at radius 1 is 0.800 bits per heavy atom. The highest BCUT2D eigenvalue weighted by Gasteiger charge is 2.67. The Morgan fingerprint density at radius 3 is 1.76 bits per heavy atom. The van der Waals surface area contributed by atoms with Crippen LogP contribution in [0.25, 0.3) is 0 Å². The maximum absolute atomic E-state index is 13.3. The number of imide groups is 1. The van der Waals surface area contributed by atoms with Crippen LogP contribution in [0.4, 0.5) is 0 Å². The summed E-state index contributed by atoms with van der Waals surface area (Å²) in [5.74, 6) is 5.23. The second-order valence-corrected chi connectivity index (χ2v) is 10.8. The van der Waals surface area contributed by atoms with E-state index in [1.165, 1.54) is 44.9 Å². The molecule has 6 atom stereocenters. The molecule has 3 nitrogen and oxygen atoms in total. The molecule has 7 fully saturated rings. The van der Waals surface area contributed by atoms with Gasteiger partial charge < -0.3 is 0 Å². The van der Waals surface area contributed by atoms with Crippen molar-refractivity contribution < 1.29 is 9.59 Å². The summed E-state index contributed by atoms with van der Waals surface area (Å²) in [6, 6.07) is 0. The van der Waals surface area contributed by atoms with Gasteiger partial charge in [0.2, 0.25) is 11.8 Å². The summed E-state index contributed by atoms with van der Waals surface area (Å²) in [5, 5.41) is 0. The molecule has 25 heavy (non-hydrogen) atoms. The van der Waals surface area contributed by atoms with Crippen molar-refractivity contribution in [3.8, 4) is 0 Å². The van der Waals surface area contributed by atoms with Crippen molar-refractivity contribution in [3.05, 3.63) is 12.2 Å². The topological polar surface area (TPSA) is 37.4 Å². The fourth-order valence-corrected chi connectivity index (χ4v) is 8.99. The highest BCUT2D eigenvalue weighted by molar-refractivity contribution is 6.06. The summed E-state index contributed by atoms with van der Waals surface area (Å²) in [5.41, 5.74) is 0.281. The number of likely N-dealkylation sites (tertiary alicyclic amines) is 1. The Hall–Kier alpha value is -1.12. The Morgan fingerprint density at radius 2 is 1.28 bits per heavy atom. The average Bonchev–Trinajstić information content (AvgIpc) is 3.35. The maximum Gasteiger partial charge on any atom is 0.233 e. The summed E-state index contributed by atoms with van der Waals surface area (Å²) in [6.45, 7) is 0.760. The molecule has 0 aromatic heterocycles. The summed E-state index contributed by atoms with van der Waals surface area (Å²) in [4.78, 5) is 28.4. The van der Waals surface area contributed by atoms with Crippen LogP contribution in [0.15, 0.2) is 12.2 Å². The van der Waals surface area contributed by atoms with Crippen LogP contribution in [-0.4, -0.2) is 23.3 Å². The first kappa shape index (κ1) is 14.0. The van der Waals surface area contributed by atoms with Gasteiger partial charge in [0.15, 0.2) is 0 Å². The molecule has 2 amide bonds. The molecule has 0 radical (unpaired) electrons. The van der Waals surface area contributed by atoms with Crippen LogP contribution in [0.1, 0.15) is 44.9 Å². The lowest BCUT2D eigenvalue weighted by Gasteiger charge is -2.57. The fraction of sp³-hybridized carbons (Fsp3) is 0.818. The third kappa shape index (κ3) is 1.64. The monoisotopic (exact) mass is 337 g/mol. The van der Waals surface area contributed by atoms with E-state index in [9.17, 15) is 9.59 Å². The lowest BCUT2D eigenvalue weighted by Crippen LogP contribution is -2.52. The zero-order chi connectivity index (χ0) is 16.5. The van der Waals surface area contributed by atoms with Crippen LogP contribution in [-0.2, 0) is 9.59 Å². The summed E-state index contributed by atoms with van der Waals surface area (Å²) < 4.78 is 0. The van der Waals surface area contributed by atoms with Gasteiger partial charge in [-0.3, -0.25) is 14.5 Å². The molecule has 1 heterocycles. The number of hydrogen-bond donors (Lipinski definition) is 0. The van der Waals surface area contributed by atoms with Gasteiger partial charge in [-0.2, -0.15) is 0 Å². The van der Waals surface area contributed by atoms with E-state index in [-0.39, 0.29) is 29.1 Å². The lowest BCUT2D eigenvalue weighted by atomic mass is 9.49. The fourth-order valence-electron chi connectivity index (χ4n) is 8.99. The number of rotatable bonds is 2. The molecular weight excluding hydrogens is 310 g/mol. The molecule has 9 rings (SSSR count). The maximum atomic E-state index is 13.3. The first-order valence-electron chi connectivity index (χ1n) is 10.7. The normalized spacial score (nSPS) is 59.5. The van der Waals surface area contributed by atoms with Crippen LogP contribution >= 0.6 is 0 Å². The number of amides is 2. The van der Waals surface area contributed by atoms with E-state index in [4.69, 9.17) is 0 Å².